The molecule has 1 N–H and O–H groups in total. The van der Waals surface area contributed by atoms with Crippen molar-refractivity contribution in [2.45, 2.75) is 39.8 Å². The van der Waals surface area contributed by atoms with Crippen LogP contribution in [-0.4, -0.2) is 32.8 Å². The Labute approximate surface area is 131 Å². The minimum Gasteiger partial charge on any atom is -0.383 e. The molecular formula is C16H27BrN2O. The van der Waals surface area contributed by atoms with Crippen LogP contribution in [0.15, 0.2) is 22.7 Å². The fourth-order valence-electron chi connectivity index (χ4n) is 2.27. The summed E-state index contributed by atoms with van der Waals surface area (Å²) in [6.07, 6.45) is 1.16. The predicted octanol–water partition coefficient (Wildman–Crippen LogP) is 3.81. The highest BCUT2D eigenvalue weighted by Gasteiger charge is 2.13. The predicted molar refractivity (Wildman–Crippen MR) is 90.5 cm³/mol. The third kappa shape index (κ3) is 5.43. The number of hydrogen-bond acceptors (Lipinski definition) is 3. The highest BCUT2D eigenvalue weighted by atomic mass is 79.9. The molecule has 0 heterocycles. The molecule has 0 saturated heterocycles. The Kier molecular flexibility index (Phi) is 8.19. The Morgan fingerprint density at radius 1 is 1.35 bits per heavy atom. The molecule has 114 valence electrons. The third-order valence-electron chi connectivity index (χ3n) is 3.24. The summed E-state index contributed by atoms with van der Waals surface area (Å²) in [5, 5.41) is 3.43. The molecule has 0 spiro atoms. The average molecular weight is 343 g/mol. The van der Waals surface area contributed by atoms with E-state index < -0.39 is 0 Å². The molecule has 0 fully saturated rings. The number of methoxy groups -OCH3 is 1. The molecule has 3 nitrogen and oxygen atoms in total. The van der Waals surface area contributed by atoms with E-state index in [1.54, 1.807) is 7.11 Å². The molecule has 0 aliphatic carbocycles. The maximum absolute atomic E-state index is 5.08. The van der Waals surface area contributed by atoms with Crippen molar-refractivity contribution in [2.24, 2.45) is 0 Å². The summed E-state index contributed by atoms with van der Waals surface area (Å²) in [6.45, 7) is 10.3. The molecule has 0 aliphatic heterocycles. The highest BCUT2D eigenvalue weighted by molar-refractivity contribution is 9.10. The van der Waals surface area contributed by atoms with Crippen molar-refractivity contribution in [1.82, 2.24) is 5.32 Å². The smallest absolute Gasteiger partial charge is 0.0587 e. The number of halogens is 1. The van der Waals surface area contributed by atoms with Gasteiger partial charge in [-0.1, -0.05) is 22.9 Å². The van der Waals surface area contributed by atoms with Crippen molar-refractivity contribution < 1.29 is 4.74 Å². The van der Waals surface area contributed by atoms with E-state index in [0.717, 1.165) is 37.1 Å². The first kappa shape index (κ1) is 17.5. The quantitative estimate of drug-likeness (QED) is 0.690. The molecule has 0 saturated carbocycles. The van der Waals surface area contributed by atoms with Crippen LogP contribution in [0.3, 0.4) is 0 Å². The fraction of sp³-hybridized carbons (Fsp3) is 0.625. The zero-order valence-electron chi connectivity index (χ0n) is 13.1. The van der Waals surface area contributed by atoms with E-state index in [9.17, 15) is 0 Å². The number of nitrogens with zero attached hydrogens (tertiary/aromatic N) is 1. The normalized spacial score (nSPS) is 11.1. The largest absolute Gasteiger partial charge is 0.383 e. The van der Waals surface area contributed by atoms with Crippen LogP contribution in [0.2, 0.25) is 0 Å². The van der Waals surface area contributed by atoms with Gasteiger partial charge >= 0.3 is 0 Å². The number of ether oxygens (including phenoxy) is 1. The molecule has 0 aromatic heterocycles. The molecular weight excluding hydrogens is 316 g/mol. The van der Waals surface area contributed by atoms with E-state index in [-0.39, 0.29) is 0 Å². The van der Waals surface area contributed by atoms with Crippen molar-refractivity contribution >= 4 is 21.6 Å². The molecule has 0 aliphatic rings. The van der Waals surface area contributed by atoms with Crippen LogP contribution in [-0.2, 0) is 11.3 Å². The Balaban J connectivity index is 2.87. The summed E-state index contributed by atoms with van der Waals surface area (Å²) in [6, 6.07) is 7.06. The van der Waals surface area contributed by atoms with E-state index in [4.69, 9.17) is 4.74 Å². The van der Waals surface area contributed by atoms with Crippen LogP contribution in [0.4, 0.5) is 5.69 Å². The Morgan fingerprint density at radius 2 is 2.10 bits per heavy atom. The van der Waals surface area contributed by atoms with Crippen LogP contribution in [0.5, 0.6) is 0 Å². The third-order valence-corrected chi connectivity index (χ3v) is 3.73. The molecule has 1 rings (SSSR count). The fourth-order valence-corrected chi connectivity index (χ4v) is 2.68. The van der Waals surface area contributed by atoms with Crippen molar-refractivity contribution in [3.63, 3.8) is 0 Å². The topological polar surface area (TPSA) is 24.5 Å². The standard InChI is InChI=1S/C16H27BrN2O/c1-5-9-19(13(2)3)16-7-6-15(17)11-14(16)12-18-8-10-20-4/h6-7,11,13,18H,5,8-10,12H2,1-4H3. The minimum atomic E-state index is 0.508. The van der Waals surface area contributed by atoms with Crippen molar-refractivity contribution in [3.05, 3.63) is 28.2 Å². The summed E-state index contributed by atoms with van der Waals surface area (Å²) in [4.78, 5) is 2.47. The van der Waals surface area contributed by atoms with Gasteiger partial charge in [0.05, 0.1) is 6.61 Å². The molecule has 0 atom stereocenters. The van der Waals surface area contributed by atoms with Gasteiger partial charge in [-0.25, -0.2) is 0 Å². The molecule has 1 aromatic rings. The van der Waals surface area contributed by atoms with Gasteiger partial charge in [0.2, 0.25) is 0 Å². The average Bonchev–Trinajstić information content (AvgIpc) is 2.41. The maximum atomic E-state index is 5.08. The summed E-state index contributed by atoms with van der Waals surface area (Å²) >= 11 is 3.57. The van der Waals surface area contributed by atoms with Gasteiger partial charge in [-0.3, -0.25) is 0 Å². The molecule has 0 radical (unpaired) electrons. The summed E-state index contributed by atoms with van der Waals surface area (Å²) in [5.74, 6) is 0. The Bertz CT molecular complexity index is 396. The second-order valence-corrected chi connectivity index (χ2v) is 6.15. The number of rotatable bonds is 9. The van der Waals surface area contributed by atoms with Crippen molar-refractivity contribution in [3.8, 4) is 0 Å². The minimum absolute atomic E-state index is 0.508. The lowest BCUT2D eigenvalue weighted by Crippen LogP contribution is -2.33. The zero-order valence-corrected chi connectivity index (χ0v) is 14.7. The summed E-state index contributed by atoms with van der Waals surface area (Å²) in [5.41, 5.74) is 2.66. The lowest BCUT2D eigenvalue weighted by Gasteiger charge is -2.31. The molecule has 0 amide bonds. The van der Waals surface area contributed by atoms with Crippen LogP contribution < -0.4 is 10.2 Å². The van der Waals surface area contributed by atoms with Gasteiger partial charge in [0, 0.05) is 42.9 Å². The maximum Gasteiger partial charge on any atom is 0.0587 e. The van der Waals surface area contributed by atoms with Gasteiger partial charge in [0.1, 0.15) is 0 Å². The van der Waals surface area contributed by atoms with E-state index in [1.165, 1.54) is 11.3 Å². The van der Waals surface area contributed by atoms with Crippen LogP contribution in [0.1, 0.15) is 32.8 Å². The number of anilines is 1. The van der Waals surface area contributed by atoms with Gasteiger partial charge in [0.25, 0.3) is 0 Å². The van der Waals surface area contributed by atoms with E-state index in [0.29, 0.717) is 6.04 Å². The summed E-state index contributed by atoms with van der Waals surface area (Å²) < 4.78 is 6.21. The van der Waals surface area contributed by atoms with Crippen LogP contribution >= 0.6 is 15.9 Å². The first-order valence-corrected chi connectivity index (χ1v) is 8.14. The van der Waals surface area contributed by atoms with Gasteiger partial charge in [-0.05, 0) is 44.0 Å². The van der Waals surface area contributed by atoms with Gasteiger partial charge in [-0.2, -0.15) is 0 Å². The lowest BCUT2D eigenvalue weighted by molar-refractivity contribution is 0.199. The highest BCUT2D eigenvalue weighted by Crippen LogP contribution is 2.26. The van der Waals surface area contributed by atoms with Crippen LogP contribution in [0, 0.1) is 0 Å². The Hall–Kier alpha value is -0.580. The van der Waals surface area contributed by atoms with Crippen molar-refractivity contribution in [1.29, 1.82) is 0 Å². The molecule has 4 heteroatoms. The van der Waals surface area contributed by atoms with Crippen LogP contribution in [0.25, 0.3) is 0 Å². The first-order chi connectivity index (χ1) is 9.60. The molecule has 1 aromatic carbocycles. The van der Waals surface area contributed by atoms with E-state index >= 15 is 0 Å². The molecule has 0 bridgehead atoms. The lowest BCUT2D eigenvalue weighted by atomic mass is 10.1. The first-order valence-electron chi connectivity index (χ1n) is 7.34. The number of hydrogen-bond donors (Lipinski definition) is 1. The van der Waals surface area contributed by atoms with E-state index in [1.807, 2.05) is 0 Å². The summed E-state index contributed by atoms with van der Waals surface area (Å²) in [7, 11) is 1.73. The Morgan fingerprint density at radius 3 is 2.70 bits per heavy atom. The van der Waals surface area contributed by atoms with Crippen molar-refractivity contribution in [2.75, 3.05) is 31.7 Å². The SMILES string of the molecule is CCCN(c1ccc(Br)cc1CNCCOC)C(C)C. The molecule has 0 unspecified atom stereocenters. The van der Waals surface area contributed by atoms with Gasteiger partial charge in [0.15, 0.2) is 0 Å². The van der Waals surface area contributed by atoms with E-state index in [2.05, 4.69) is 65.1 Å². The number of benzene rings is 1. The number of nitrogens with one attached hydrogen (secondary N) is 1. The molecule has 20 heavy (non-hydrogen) atoms. The monoisotopic (exact) mass is 342 g/mol. The zero-order chi connectivity index (χ0) is 15.0. The second kappa shape index (κ2) is 9.37. The van der Waals surface area contributed by atoms with Gasteiger partial charge in [-0.15, -0.1) is 0 Å². The van der Waals surface area contributed by atoms with Gasteiger partial charge < -0.3 is 15.0 Å². The second-order valence-electron chi connectivity index (χ2n) is 5.23.